The summed E-state index contributed by atoms with van der Waals surface area (Å²) in [7, 11) is 1.71. The van der Waals surface area contributed by atoms with E-state index in [0.717, 1.165) is 8.96 Å². The van der Waals surface area contributed by atoms with Crippen molar-refractivity contribution in [3.05, 3.63) is 25.9 Å². The van der Waals surface area contributed by atoms with Gasteiger partial charge in [-0.3, -0.25) is 14.8 Å². The molecule has 1 aromatic carbocycles. The quantitative estimate of drug-likeness (QED) is 0.375. The van der Waals surface area contributed by atoms with Crippen molar-refractivity contribution < 1.29 is 4.92 Å². The van der Waals surface area contributed by atoms with Gasteiger partial charge >= 0.3 is 0 Å². The molecule has 0 fully saturated rings. The van der Waals surface area contributed by atoms with E-state index in [2.05, 4.69) is 5.10 Å². The maximum atomic E-state index is 10.7. The molecule has 6 nitrogen and oxygen atoms in total. The summed E-state index contributed by atoms with van der Waals surface area (Å²) in [5.74, 6) is 0. The van der Waals surface area contributed by atoms with Crippen LogP contribution >= 0.6 is 22.6 Å². The van der Waals surface area contributed by atoms with Gasteiger partial charge in [0, 0.05) is 22.1 Å². The Morgan fingerprint density at radius 2 is 2.33 bits per heavy atom. The molecule has 0 radical (unpaired) electrons. The monoisotopic (exact) mass is 318 g/mol. The third-order valence-corrected chi connectivity index (χ3v) is 3.08. The highest BCUT2D eigenvalue weighted by atomic mass is 127. The van der Waals surface area contributed by atoms with Gasteiger partial charge < -0.3 is 5.73 Å². The number of aryl methyl sites for hydroxylation is 1. The van der Waals surface area contributed by atoms with Crippen molar-refractivity contribution >= 4 is 44.9 Å². The van der Waals surface area contributed by atoms with Crippen molar-refractivity contribution in [1.82, 2.24) is 9.78 Å². The van der Waals surface area contributed by atoms with Gasteiger partial charge in [-0.1, -0.05) is 0 Å². The van der Waals surface area contributed by atoms with E-state index in [1.54, 1.807) is 17.9 Å². The van der Waals surface area contributed by atoms with Crippen LogP contribution in [0.4, 0.5) is 11.4 Å². The molecule has 2 aromatic rings. The van der Waals surface area contributed by atoms with Crippen LogP contribution in [0.5, 0.6) is 0 Å². The van der Waals surface area contributed by atoms with Crippen molar-refractivity contribution in [2.75, 3.05) is 5.73 Å². The number of hydrogen-bond donors (Lipinski definition) is 1. The van der Waals surface area contributed by atoms with Crippen LogP contribution in [-0.2, 0) is 7.05 Å². The molecule has 0 saturated carbocycles. The number of aromatic nitrogens is 2. The number of nitro benzene ring substituents is 1. The first kappa shape index (κ1) is 10.1. The first-order valence-electron chi connectivity index (χ1n) is 4.06. The number of rotatable bonds is 1. The first-order chi connectivity index (χ1) is 7.02. The lowest BCUT2D eigenvalue weighted by atomic mass is 10.2. The van der Waals surface area contributed by atoms with E-state index in [4.69, 9.17) is 5.73 Å². The van der Waals surface area contributed by atoms with Crippen LogP contribution in [0.1, 0.15) is 0 Å². The largest absolute Gasteiger partial charge is 0.391 e. The summed E-state index contributed by atoms with van der Waals surface area (Å²) in [5.41, 5.74) is 6.42. The minimum Gasteiger partial charge on any atom is -0.391 e. The van der Waals surface area contributed by atoms with Crippen LogP contribution in [0.2, 0.25) is 0 Å². The van der Waals surface area contributed by atoms with E-state index in [0.29, 0.717) is 5.52 Å². The van der Waals surface area contributed by atoms with Crippen molar-refractivity contribution in [2.45, 2.75) is 0 Å². The lowest BCUT2D eigenvalue weighted by Gasteiger charge is -2.02. The van der Waals surface area contributed by atoms with Gasteiger partial charge in [-0.2, -0.15) is 5.10 Å². The Labute approximate surface area is 98.3 Å². The molecule has 0 bridgehead atoms. The molecule has 0 saturated heterocycles. The van der Waals surface area contributed by atoms with Crippen LogP contribution in [0.15, 0.2) is 12.3 Å². The molecule has 2 rings (SSSR count). The Morgan fingerprint density at radius 1 is 1.67 bits per heavy atom. The van der Waals surface area contributed by atoms with Crippen molar-refractivity contribution in [2.24, 2.45) is 7.05 Å². The Morgan fingerprint density at radius 3 is 2.93 bits per heavy atom. The fourth-order valence-electron chi connectivity index (χ4n) is 1.48. The minimum atomic E-state index is -0.482. The van der Waals surface area contributed by atoms with E-state index in [9.17, 15) is 10.1 Å². The molecule has 0 aliphatic carbocycles. The Kier molecular flexibility index (Phi) is 2.25. The molecule has 0 amide bonds. The molecular formula is C8H7IN4O2. The number of nitro groups is 1. The SMILES string of the molecule is Cn1ncc2c(I)cc([N+](=O)[O-])c(N)c21. The average molecular weight is 318 g/mol. The molecule has 7 heteroatoms. The maximum Gasteiger partial charge on any atom is 0.295 e. The highest BCUT2D eigenvalue weighted by Gasteiger charge is 2.19. The maximum absolute atomic E-state index is 10.7. The zero-order valence-corrected chi connectivity index (χ0v) is 9.93. The van der Waals surface area contributed by atoms with Gasteiger partial charge in [0.15, 0.2) is 0 Å². The molecule has 0 aliphatic heterocycles. The third kappa shape index (κ3) is 1.42. The fraction of sp³-hybridized carbons (Fsp3) is 0.125. The molecular weight excluding hydrogens is 311 g/mol. The van der Waals surface area contributed by atoms with Crippen LogP contribution in [-0.4, -0.2) is 14.7 Å². The number of hydrogen-bond acceptors (Lipinski definition) is 4. The molecule has 0 spiro atoms. The van der Waals surface area contributed by atoms with Crippen molar-refractivity contribution in [1.29, 1.82) is 0 Å². The van der Waals surface area contributed by atoms with Crippen LogP contribution in [0.3, 0.4) is 0 Å². The number of nitrogens with two attached hydrogens (primary N) is 1. The lowest BCUT2D eigenvalue weighted by Crippen LogP contribution is -2.00. The van der Waals surface area contributed by atoms with Crippen molar-refractivity contribution in [3.8, 4) is 0 Å². The standard InChI is InChI=1S/C8H7IN4O2/c1-12-8-4(3-11-12)5(9)2-6(7(8)10)13(14)15/h2-3H,10H2,1H3. The Bertz CT molecular complexity index is 563. The van der Waals surface area contributed by atoms with E-state index in [1.165, 1.54) is 6.07 Å². The number of anilines is 1. The second-order valence-electron chi connectivity index (χ2n) is 3.08. The second kappa shape index (κ2) is 3.33. The topological polar surface area (TPSA) is 87.0 Å². The van der Waals surface area contributed by atoms with E-state index in [-0.39, 0.29) is 11.4 Å². The van der Waals surface area contributed by atoms with E-state index in [1.807, 2.05) is 22.6 Å². The zero-order chi connectivity index (χ0) is 11.2. The van der Waals surface area contributed by atoms with E-state index < -0.39 is 4.92 Å². The summed E-state index contributed by atoms with van der Waals surface area (Å²) in [5, 5.41) is 15.6. The van der Waals surface area contributed by atoms with Crippen molar-refractivity contribution in [3.63, 3.8) is 0 Å². The van der Waals surface area contributed by atoms with Gasteiger partial charge in [0.1, 0.15) is 5.69 Å². The van der Waals surface area contributed by atoms with Gasteiger partial charge in [0.2, 0.25) is 0 Å². The molecule has 0 aliphatic rings. The highest BCUT2D eigenvalue weighted by molar-refractivity contribution is 14.1. The Balaban J connectivity index is 2.94. The summed E-state index contributed by atoms with van der Waals surface area (Å²) < 4.78 is 2.32. The summed E-state index contributed by atoms with van der Waals surface area (Å²) in [6.45, 7) is 0. The number of benzene rings is 1. The summed E-state index contributed by atoms with van der Waals surface area (Å²) in [6.07, 6.45) is 1.65. The summed E-state index contributed by atoms with van der Waals surface area (Å²) >= 11 is 2.03. The zero-order valence-electron chi connectivity index (χ0n) is 7.77. The highest BCUT2D eigenvalue weighted by Crippen LogP contribution is 2.33. The van der Waals surface area contributed by atoms with Crippen LogP contribution in [0, 0.1) is 13.7 Å². The van der Waals surface area contributed by atoms with Gasteiger partial charge in [-0.15, -0.1) is 0 Å². The summed E-state index contributed by atoms with van der Waals surface area (Å²) in [4.78, 5) is 10.3. The number of halogens is 1. The number of nitrogen functional groups attached to an aromatic ring is 1. The van der Waals surface area contributed by atoms with Gasteiger partial charge in [0.05, 0.1) is 16.6 Å². The van der Waals surface area contributed by atoms with Crippen LogP contribution < -0.4 is 5.73 Å². The molecule has 78 valence electrons. The molecule has 2 N–H and O–H groups in total. The predicted molar refractivity (Wildman–Crippen MR) is 64.5 cm³/mol. The fourth-order valence-corrected chi connectivity index (χ4v) is 2.17. The predicted octanol–water partition coefficient (Wildman–Crippen LogP) is 1.67. The molecule has 0 atom stereocenters. The minimum absolute atomic E-state index is 0.0736. The first-order valence-corrected chi connectivity index (χ1v) is 5.14. The second-order valence-corrected chi connectivity index (χ2v) is 4.24. The van der Waals surface area contributed by atoms with Gasteiger partial charge in [-0.25, -0.2) is 0 Å². The third-order valence-electron chi connectivity index (χ3n) is 2.19. The van der Waals surface area contributed by atoms with E-state index >= 15 is 0 Å². The normalized spacial score (nSPS) is 10.8. The smallest absolute Gasteiger partial charge is 0.295 e. The number of nitrogens with zero attached hydrogens (tertiary/aromatic N) is 3. The molecule has 0 unspecified atom stereocenters. The molecule has 1 aromatic heterocycles. The molecule has 15 heavy (non-hydrogen) atoms. The number of fused-ring (bicyclic) bond motifs is 1. The average Bonchev–Trinajstić information content (AvgIpc) is 2.54. The Hall–Kier alpha value is -1.38. The van der Waals surface area contributed by atoms with Gasteiger partial charge in [-0.05, 0) is 22.6 Å². The van der Waals surface area contributed by atoms with Crippen LogP contribution in [0.25, 0.3) is 10.9 Å². The van der Waals surface area contributed by atoms with Gasteiger partial charge in [0.25, 0.3) is 5.69 Å². The molecule has 1 heterocycles. The lowest BCUT2D eigenvalue weighted by molar-refractivity contribution is -0.383. The summed E-state index contributed by atoms with van der Waals surface area (Å²) in [6, 6.07) is 1.46.